The zero-order valence-corrected chi connectivity index (χ0v) is 14.7. The molecule has 2 saturated carbocycles. The molecule has 1 heterocycles. The van der Waals surface area contributed by atoms with Crippen molar-refractivity contribution in [3.05, 3.63) is 54.4 Å². The maximum absolute atomic E-state index is 12.3. The highest BCUT2D eigenvalue weighted by Gasteiger charge is 2.40. The first-order chi connectivity index (χ1) is 12.7. The van der Waals surface area contributed by atoms with Gasteiger partial charge in [-0.15, -0.1) is 0 Å². The summed E-state index contributed by atoms with van der Waals surface area (Å²) in [5.41, 5.74) is 1.80. The fraction of sp³-hybridized carbons (Fsp3) is 0.381. The molecule has 5 nitrogen and oxygen atoms in total. The molecule has 0 saturated heterocycles. The molecule has 0 aliphatic heterocycles. The van der Waals surface area contributed by atoms with Crippen molar-refractivity contribution < 1.29 is 9.59 Å². The summed E-state index contributed by atoms with van der Waals surface area (Å²) in [7, 11) is 0. The number of fused-ring (bicyclic) bond motifs is 2. The summed E-state index contributed by atoms with van der Waals surface area (Å²) >= 11 is 0. The molecule has 2 bridgehead atoms. The molecule has 5 heteroatoms. The molecule has 0 unspecified atom stereocenters. The molecular formula is C21H23N3O2. The van der Waals surface area contributed by atoms with Crippen LogP contribution < -0.4 is 10.6 Å². The number of carbonyl (C=O) groups excluding carboxylic acids is 2. The SMILES string of the molecule is O=C(C[C@H]1C[C@@H]2CC[C@@H]1C2)Nc1ccc(NC(=O)c2ccccn2)cc1. The van der Waals surface area contributed by atoms with E-state index >= 15 is 0 Å². The molecule has 2 amide bonds. The fourth-order valence-corrected chi connectivity index (χ4v) is 4.41. The summed E-state index contributed by atoms with van der Waals surface area (Å²) in [6, 6.07) is 12.4. The van der Waals surface area contributed by atoms with Crippen LogP contribution in [0.2, 0.25) is 0 Å². The van der Waals surface area contributed by atoms with Gasteiger partial charge < -0.3 is 10.6 Å². The lowest BCUT2D eigenvalue weighted by atomic mass is 9.86. The van der Waals surface area contributed by atoms with Gasteiger partial charge in [0.15, 0.2) is 0 Å². The minimum absolute atomic E-state index is 0.0906. The molecule has 1 aromatic carbocycles. The van der Waals surface area contributed by atoms with E-state index in [1.54, 1.807) is 36.5 Å². The Morgan fingerprint density at radius 2 is 1.73 bits per heavy atom. The van der Waals surface area contributed by atoms with Crippen molar-refractivity contribution in [2.75, 3.05) is 10.6 Å². The normalized spacial score (nSPS) is 23.6. The molecule has 2 aromatic rings. The van der Waals surface area contributed by atoms with Crippen molar-refractivity contribution in [3.8, 4) is 0 Å². The maximum atomic E-state index is 12.3. The quantitative estimate of drug-likeness (QED) is 0.854. The van der Waals surface area contributed by atoms with Crippen LogP contribution in [0.5, 0.6) is 0 Å². The first kappa shape index (κ1) is 16.8. The Morgan fingerprint density at radius 1 is 0.962 bits per heavy atom. The second-order valence-electron chi connectivity index (χ2n) is 7.43. The minimum Gasteiger partial charge on any atom is -0.326 e. The lowest BCUT2D eigenvalue weighted by molar-refractivity contribution is -0.117. The highest BCUT2D eigenvalue weighted by molar-refractivity contribution is 6.03. The fourth-order valence-electron chi connectivity index (χ4n) is 4.41. The molecule has 2 N–H and O–H groups in total. The number of nitrogens with zero attached hydrogens (tertiary/aromatic N) is 1. The van der Waals surface area contributed by atoms with E-state index in [1.165, 1.54) is 25.7 Å². The highest BCUT2D eigenvalue weighted by Crippen LogP contribution is 2.49. The molecule has 2 fully saturated rings. The van der Waals surface area contributed by atoms with Gasteiger partial charge in [0.2, 0.25) is 5.91 Å². The zero-order valence-electron chi connectivity index (χ0n) is 14.7. The topological polar surface area (TPSA) is 71.1 Å². The predicted octanol–water partition coefficient (Wildman–Crippen LogP) is 4.10. The number of benzene rings is 1. The number of hydrogen-bond acceptors (Lipinski definition) is 3. The van der Waals surface area contributed by atoms with Gasteiger partial charge in [0, 0.05) is 24.0 Å². The summed E-state index contributed by atoms with van der Waals surface area (Å²) in [5.74, 6) is 2.02. The van der Waals surface area contributed by atoms with Crippen LogP contribution in [0.25, 0.3) is 0 Å². The van der Waals surface area contributed by atoms with Crippen LogP contribution >= 0.6 is 0 Å². The lowest BCUT2D eigenvalue weighted by Crippen LogP contribution is -2.20. The summed E-state index contributed by atoms with van der Waals surface area (Å²) < 4.78 is 0. The third-order valence-corrected chi connectivity index (χ3v) is 5.66. The zero-order chi connectivity index (χ0) is 17.9. The average molecular weight is 349 g/mol. The molecule has 4 rings (SSSR count). The second-order valence-corrected chi connectivity index (χ2v) is 7.43. The van der Waals surface area contributed by atoms with E-state index < -0.39 is 0 Å². The van der Waals surface area contributed by atoms with Crippen molar-refractivity contribution in [2.24, 2.45) is 17.8 Å². The van der Waals surface area contributed by atoms with Gasteiger partial charge in [-0.3, -0.25) is 14.6 Å². The lowest BCUT2D eigenvalue weighted by Gasteiger charge is -2.20. The van der Waals surface area contributed by atoms with Crippen LogP contribution in [0.4, 0.5) is 11.4 Å². The van der Waals surface area contributed by atoms with E-state index in [2.05, 4.69) is 15.6 Å². The van der Waals surface area contributed by atoms with Gasteiger partial charge in [0.25, 0.3) is 5.91 Å². The third kappa shape index (κ3) is 3.77. The summed E-state index contributed by atoms with van der Waals surface area (Å²) in [6.45, 7) is 0. The number of amides is 2. The van der Waals surface area contributed by atoms with Crippen LogP contribution in [-0.2, 0) is 4.79 Å². The van der Waals surface area contributed by atoms with Crippen molar-refractivity contribution in [1.82, 2.24) is 4.98 Å². The third-order valence-electron chi connectivity index (χ3n) is 5.66. The first-order valence-corrected chi connectivity index (χ1v) is 9.29. The monoisotopic (exact) mass is 349 g/mol. The number of nitrogens with one attached hydrogen (secondary N) is 2. The standard InChI is InChI=1S/C21H23N3O2/c25-20(13-16-12-14-4-5-15(16)11-14)23-17-6-8-18(9-7-17)24-21(26)19-3-1-2-10-22-19/h1-3,6-10,14-16H,4-5,11-13H2,(H,23,25)(H,24,26)/t14-,15-,16-/m1/s1. The van der Waals surface area contributed by atoms with Crippen LogP contribution in [-0.4, -0.2) is 16.8 Å². The molecule has 26 heavy (non-hydrogen) atoms. The average Bonchev–Trinajstić information content (AvgIpc) is 3.27. The van der Waals surface area contributed by atoms with E-state index in [9.17, 15) is 9.59 Å². The van der Waals surface area contributed by atoms with E-state index in [0.717, 1.165) is 17.5 Å². The van der Waals surface area contributed by atoms with E-state index in [4.69, 9.17) is 0 Å². The Morgan fingerprint density at radius 3 is 2.35 bits per heavy atom. The van der Waals surface area contributed by atoms with E-state index in [0.29, 0.717) is 23.7 Å². The van der Waals surface area contributed by atoms with Crippen LogP contribution in [0, 0.1) is 17.8 Å². The van der Waals surface area contributed by atoms with E-state index in [1.807, 2.05) is 12.1 Å². The smallest absolute Gasteiger partial charge is 0.274 e. The van der Waals surface area contributed by atoms with Gasteiger partial charge in [-0.2, -0.15) is 0 Å². The molecule has 3 atom stereocenters. The van der Waals surface area contributed by atoms with E-state index in [-0.39, 0.29) is 11.8 Å². The molecule has 2 aliphatic rings. The van der Waals surface area contributed by atoms with Crippen molar-refractivity contribution in [2.45, 2.75) is 32.1 Å². The van der Waals surface area contributed by atoms with Crippen molar-refractivity contribution in [3.63, 3.8) is 0 Å². The van der Waals surface area contributed by atoms with Crippen molar-refractivity contribution in [1.29, 1.82) is 0 Å². The Balaban J connectivity index is 1.30. The van der Waals surface area contributed by atoms with Gasteiger partial charge in [-0.05, 0) is 73.4 Å². The number of anilines is 2. The van der Waals surface area contributed by atoms with Crippen LogP contribution in [0.3, 0.4) is 0 Å². The summed E-state index contributed by atoms with van der Waals surface area (Å²) in [6.07, 6.45) is 7.41. The van der Waals surface area contributed by atoms with Gasteiger partial charge in [0.1, 0.15) is 5.69 Å². The summed E-state index contributed by atoms with van der Waals surface area (Å²) in [5, 5.41) is 5.78. The predicted molar refractivity (Wildman–Crippen MR) is 101 cm³/mol. The van der Waals surface area contributed by atoms with Gasteiger partial charge in [0.05, 0.1) is 0 Å². The Hall–Kier alpha value is -2.69. The molecule has 134 valence electrons. The maximum Gasteiger partial charge on any atom is 0.274 e. The number of rotatable bonds is 5. The molecular weight excluding hydrogens is 326 g/mol. The molecule has 2 aliphatic carbocycles. The van der Waals surface area contributed by atoms with Crippen LogP contribution in [0.1, 0.15) is 42.6 Å². The minimum atomic E-state index is -0.251. The molecule has 0 radical (unpaired) electrons. The number of carbonyl (C=O) groups is 2. The molecule has 1 aromatic heterocycles. The Kier molecular flexibility index (Phi) is 4.69. The van der Waals surface area contributed by atoms with Gasteiger partial charge in [-0.1, -0.05) is 12.5 Å². The van der Waals surface area contributed by atoms with Gasteiger partial charge in [-0.25, -0.2) is 0 Å². The second kappa shape index (κ2) is 7.28. The van der Waals surface area contributed by atoms with Gasteiger partial charge >= 0.3 is 0 Å². The number of pyridine rings is 1. The van der Waals surface area contributed by atoms with Crippen molar-refractivity contribution >= 4 is 23.2 Å². The highest BCUT2D eigenvalue weighted by atomic mass is 16.2. The Bertz CT molecular complexity index is 789. The summed E-state index contributed by atoms with van der Waals surface area (Å²) in [4.78, 5) is 28.4. The number of hydrogen-bond donors (Lipinski definition) is 2. The Labute approximate surface area is 153 Å². The number of aromatic nitrogens is 1. The van der Waals surface area contributed by atoms with Crippen LogP contribution in [0.15, 0.2) is 48.7 Å². The molecule has 0 spiro atoms. The first-order valence-electron chi connectivity index (χ1n) is 9.29. The largest absolute Gasteiger partial charge is 0.326 e.